The number of aromatic nitrogens is 2. The van der Waals surface area contributed by atoms with Gasteiger partial charge in [0.15, 0.2) is 15.6 Å². The zero-order valence-electron chi connectivity index (χ0n) is 14.6. The molecular formula is C16H14N4O7S. The lowest BCUT2D eigenvalue weighted by atomic mass is 10.2. The predicted molar refractivity (Wildman–Crippen MR) is 95.4 cm³/mol. The first-order chi connectivity index (χ1) is 13.2. The minimum atomic E-state index is -3.49. The van der Waals surface area contributed by atoms with E-state index in [4.69, 9.17) is 8.83 Å². The Morgan fingerprint density at radius 3 is 2.57 bits per heavy atom. The third kappa shape index (κ3) is 3.76. The molecule has 0 saturated heterocycles. The summed E-state index contributed by atoms with van der Waals surface area (Å²) in [6.07, 6.45) is 0. The number of benzene rings is 1. The van der Waals surface area contributed by atoms with Gasteiger partial charge in [-0.3, -0.25) is 20.2 Å². The quantitative estimate of drug-likeness (QED) is 0.479. The number of carbonyl (C=O) groups is 1. The lowest BCUT2D eigenvalue weighted by Gasteiger charge is -2.08. The summed E-state index contributed by atoms with van der Waals surface area (Å²) in [6, 6.07) is 7.85. The Kier molecular flexibility index (Phi) is 4.96. The summed E-state index contributed by atoms with van der Waals surface area (Å²) in [7, 11) is -3.49. The number of nitrogens with zero attached hydrogens (tertiary/aromatic N) is 3. The molecule has 3 rings (SSSR count). The second-order valence-electron chi connectivity index (χ2n) is 5.88. The summed E-state index contributed by atoms with van der Waals surface area (Å²) >= 11 is 0. The molecule has 12 heteroatoms. The first-order valence-corrected chi connectivity index (χ1v) is 9.46. The SMILES string of the molecule is CC(C)S(=O)(=O)c1cccc(-c2nnc(NC(=O)c3ccc([N+](=O)[O-])o3)o2)c1. The van der Waals surface area contributed by atoms with Gasteiger partial charge in [0, 0.05) is 5.56 Å². The van der Waals surface area contributed by atoms with Gasteiger partial charge >= 0.3 is 11.9 Å². The van der Waals surface area contributed by atoms with Crippen molar-refractivity contribution in [1.29, 1.82) is 0 Å². The van der Waals surface area contributed by atoms with Crippen molar-refractivity contribution in [3.63, 3.8) is 0 Å². The van der Waals surface area contributed by atoms with Crippen LogP contribution in [0.1, 0.15) is 24.4 Å². The summed E-state index contributed by atoms with van der Waals surface area (Å²) in [5, 5.41) is 19.7. The van der Waals surface area contributed by atoms with Crippen molar-refractivity contribution in [2.45, 2.75) is 24.0 Å². The third-order valence-corrected chi connectivity index (χ3v) is 5.82. The summed E-state index contributed by atoms with van der Waals surface area (Å²) in [5.41, 5.74) is 0.350. The number of hydrogen-bond donors (Lipinski definition) is 1. The van der Waals surface area contributed by atoms with Crippen LogP contribution in [0.2, 0.25) is 0 Å². The van der Waals surface area contributed by atoms with E-state index in [1.807, 2.05) is 0 Å². The van der Waals surface area contributed by atoms with Crippen LogP contribution >= 0.6 is 0 Å². The summed E-state index contributed by atoms with van der Waals surface area (Å²) in [5.74, 6) is -1.73. The highest BCUT2D eigenvalue weighted by atomic mass is 32.2. The van der Waals surface area contributed by atoms with Crippen LogP contribution in [0, 0.1) is 10.1 Å². The number of hydrogen-bond acceptors (Lipinski definition) is 9. The van der Waals surface area contributed by atoms with Crippen molar-refractivity contribution in [3.8, 4) is 11.5 Å². The molecule has 0 radical (unpaired) electrons. The molecule has 0 saturated carbocycles. The molecule has 1 N–H and O–H groups in total. The molecule has 0 unspecified atom stereocenters. The van der Waals surface area contributed by atoms with Crippen LogP contribution in [0.25, 0.3) is 11.5 Å². The van der Waals surface area contributed by atoms with Crippen LogP contribution in [0.15, 0.2) is 50.1 Å². The van der Waals surface area contributed by atoms with Crippen LogP contribution in [0.4, 0.5) is 11.9 Å². The Morgan fingerprint density at radius 2 is 1.93 bits per heavy atom. The van der Waals surface area contributed by atoms with Crippen molar-refractivity contribution >= 4 is 27.6 Å². The summed E-state index contributed by atoms with van der Waals surface area (Å²) in [6.45, 7) is 3.14. The van der Waals surface area contributed by atoms with Gasteiger partial charge in [0.05, 0.1) is 16.2 Å². The molecule has 0 spiro atoms. The van der Waals surface area contributed by atoms with Crippen LogP contribution in [-0.2, 0) is 9.84 Å². The number of furan rings is 1. The molecule has 1 amide bonds. The molecular weight excluding hydrogens is 392 g/mol. The second-order valence-corrected chi connectivity index (χ2v) is 8.39. The summed E-state index contributed by atoms with van der Waals surface area (Å²) < 4.78 is 34.7. The highest BCUT2D eigenvalue weighted by molar-refractivity contribution is 7.92. The maximum Gasteiger partial charge on any atom is 0.433 e. The molecule has 0 bridgehead atoms. The maximum absolute atomic E-state index is 12.3. The van der Waals surface area contributed by atoms with E-state index in [1.54, 1.807) is 19.9 Å². The third-order valence-electron chi connectivity index (χ3n) is 3.67. The largest absolute Gasteiger partial charge is 0.433 e. The van der Waals surface area contributed by atoms with E-state index < -0.39 is 31.8 Å². The topological polar surface area (TPSA) is 158 Å². The number of sulfone groups is 1. The first kappa shape index (κ1) is 19.2. The maximum atomic E-state index is 12.3. The second kappa shape index (κ2) is 7.23. The average Bonchev–Trinajstić information content (AvgIpc) is 3.31. The van der Waals surface area contributed by atoms with Gasteiger partial charge in [-0.15, -0.1) is 5.10 Å². The molecule has 28 heavy (non-hydrogen) atoms. The van der Waals surface area contributed by atoms with Crippen LogP contribution in [0.3, 0.4) is 0 Å². The minimum absolute atomic E-state index is 0.0125. The van der Waals surface area contributed by atoms with Gasteiger partial charge in [-0.25, -0.2) is 8.42 Å². The van der Waals surface area contributed by atoms with Crippen LogP contribution in [-0.4, -0.2) is 34.7 Å². The van der Waals surface area contributed by atoms with Crippen molar-refractivity contribution in [3.05, 3.63) is 52.3 Å². The van der Waals surface area contributed by atoms with Crippen LogP contribution < -0.4 is 5.32 Å². The zero-order chi connectivity index (χ0) is 20.5. The summed E-state index contributed by atoms with van der Waals surface area (Å²) in [4.78, 5) is 21.9. The number of nitro groups is 1. The molecule has 0 atom stereocenters. The predicted octanol–water partition coefficient (Wildman–Crippen LogP) is 2.67. The Bertz CT molecular complexity index is 1150. The smallest absolute Gasteiger partial charge is 0.403 e. The lowest BCUT2D eigenvalue weighted by molar-refractivity contribution is -0.402. The number of rotatable bonds is 6. The molecule has 11 nitrogen and oxygen atoms in total. The number of amides is 1. The van der Waals surface area contributed by atoms with E-state index in [2.05, 4.69) is 15.5 Å². The first-order valence-electron chi connectivity index (χ1n) is 7.92. The number of nitrogens with one attached hydrogen (secondary N) is 1. The standard InChI is InChI=1S/C16H14N4O7S/c1-9(2)28(24,25)11-5-3-4-10(8-11)15-18-19-16(27-15)17-14(21)12-6-7-13(26-12)20(22)23/h3-9H,1-2H3,(H,17,19,21). The monoisotopic (exact) mass is 406 g/mol. The lowest BCUT2D eigenvalue weighted by Crippen LogP contribution is -2.13. The fraction of sp³-hybridized carbons (Fsp3) is 0.188. The van der Waals surface area contributed by atoms with E-state index in [1.165, 1.54) is 18.2 Å². The molecule has 0 aliphatic heterocycles. The normalized spacial score (nSPS) is 11.5. The van der Waals surface area contributed by atoms with Crippen molar-refractivity contribution in [1.82, 2.24) is 10.2 Å². The van der Waals surface area contributed by atoms with Gasteiger partial charge in [0.2, 0.25) is 5.89 Å². The fourth-order valence-electron chi connectivity index (χ4n) is 2.18. The fourth-order valence-corrected chi connectivity index (χ4v) is 3.28. The molecule has 0 aliphatic rings. The Morgan fingerprint density at radius 1 is 1.18 bits per heavy atom. The van der Waals surface area contributed by atoms with Gasteiger partial charge in [0.25, 0.3) is 5.91 Å². The molecule has 1 aromatic carbocycles. The minimum Gasteiger partial charge on any atom is -0.403 e. The Balaban J connectivity index is 1.80. The zero-order valence-corrected chi connectivity index (χ0v) is 15.5. The molecule has 2 heterocycles. The number of anilines is 1. The molecule has 146 valence electrons. The van der Waals surface area contributed by atoms with E-state index in [9.17, 15) is 23.3 Å². The van der Waals surface area contributed by atoms with Gasteiger partial charge in [-0.05, 0) is 38.1 Å². The molecule has 2 aromatic heterocycles. The number of carbonyl (C=O) groups excluding carboxylic acids is 1. The Labute approximate surface area is 158 Å². The Hall–Kier alpha value is -3.54. The van der Waals surface area contributed by atoms with Gasteiger partial charge in [-0.1, -0.05) is 11.2 Å². The highest BCUT2D eigenvalue weighted by Crippen LogP contribution is 2.25. The molecule has 0 fully saturated rings. The van der Waals surface area contributed by atoms with Crippen molar-refractivity contribution in [2.75, 3.05) is 5.32 Å². The molecule has 3 aromatic rings. The van der Waals surface area contributed by atoms with Gasteiger partial charge < -0.3 is 8.83 Å². The van der Waals surface area contributed by atoms with Crippen molar-refractivity contribution in [2.24, 2.45) is 0 Å². The average molecular weight is 406 g/mol. The highest BCUT2D eigenvalue weighted by Gasteiger charge is 2.22. The van der Waals surface area contributed by atoms with Crippen molar-refractivity contribution < 1.29 is 27.0 Å². The van der Waals surface area contributed by atoms with E-state index in [0.717, 1.165) is 12.1 Å². The van der Waals surface area contributed by atoms with Crippen LogP contribution in [0.5, 0.6) is 0 Å². The van der Waals surface area contributed by atoms with E-state index in [0.29, 0.717) is 5.56 Å². The van der Waals surface area contributed by atoms with E-state index in [-0.39, 0.29) is 22.6 Å². The molecule has 0 aliphatic carbocycles. The van der Waals surface area contributed by atoms with Gasteiger partial charge in [0.1, 0.15) is 4.92 Å². The van der Waals surface area contributed by atoms with E-state index >= 15 is 0 Å². The van der Waals surface area contributed by atoms with Gasteiger partial charge in [-0.2, -0.15) is 0 Å².